The Morgan fingerprint density at radius 3 is 2.43 bits per heavy atom. The summed E-state index contributed by atoms with van der Waals surface area (Å²) in [4.78, 5) is 31.6. The highest BCUT2D eigenvalue weighted by molar-refractivity contribution is 7.21. The first-order valence-electron chi connectivity index (χ1n) is 19.9. The lowest BCUT2D eigenvalue weighted by Gasteiger charge is -2.46. The molecule has 7 heteroatoms. The van der Waals surface area contributed by atoms with Crippen molar-refractivity contribution < 1.29 is 19.8 Å². The predicted molar refractivity (Wildman–Crippen MR) is 228 cm³/mol. The van der Waals surface area contributed by atoms with Crippen molar-refractivity contribution in [1.29, 1.82) is 0 Å². The molecular weight excluding hydrogens is 713 g/mol. The molecule has 56 heavy (non-hydrogen) atoms. The summed E-state index contributed by atoms with van der Waals surface area (Å²) in [7, 11) is 0. The van der Waals surface area contributed by atoms with Gasteiger partial charge < -0.3 is 20.4 Å². The number of nitrogens with zero attached hydrogens (tertiary/aromatic N) is 1. The molecule has 286 valence electrons. The number of urea groups is 1. The predicted octanol–water partition coefficient (Wildman–Crippen LogP) is 11.1. The third kappa shape index (κ3) is 7.56. The van der Waals surface area contributed by atoms with Gasteiger partial charge in [-0.15, -0.1) is 11.3 Å². The third-order valence-electron chi connectivity index (χ3n) is 12.6. The molecular formula is C49H50N2O4S. The Bertz CT molecular complexity index is 2380. The molecule has 0 saturated heterocycles. The summed E-state index contributed by atoms with van der Waals surface area (Å²) in [6.45, 7) is 4.73. The Hall–Kier alpha value is -5.08. The highest BCUT2D eigenvalue weighted by Gasteiger charge is 2.57. The van der Waals surface area contributed by atoms with Crippen molar-refractivity contribution in [3.8, 4) is 0 Å². The number of amides is 2. The van der Waals surface area contributed by atoms with Crippen LogP contribution in [-0.4, -0.2) is 45.2 Å². The van der Waals surface area contributed by atoms with E-state index in [-0.39, 0.29) is 24.3 Å². The first kappa shape index (κ1) is 37.8. The van der Waals surface area contributed by atoms with E-state index >= 15 is 0 Å². The number of anilines is 1. The van der Waals surface area contributed by atoms with E-state index in [9.17, 15) is 19.8 Å². The Morgan fingerprint density at radius 2 is 1.61 bits per heavy atom. The molecule has 3 aliphatic carbocycles. The number of allylic oxidation sites excluding steroid dienone is 2. The van der Waals surface area contributed by atoms with E-state index in [1.54, 1.807) is 4.90 Å². The fourth-order valence-corrected chi connectivity index (χ4v) is 10.3. The number of nitrogens with one attached hydrogen (secondary N) is 1. The summed E-state index contributed by atoms with van der Waals surface area (Å²) < 4.78 is 1.06. The standard InChI is InChI=1S/C49H50N2O4S/c1-33-12-11-26-48(2)43(41-24-22-34(28-39(52)23-21-33)29-42(41)46(53)45-30-36-14-7-9-20-44(36)56-45)25-27-49(48,55)32-51(47(54)50-38-17-4-3-5-18-38)31-37-16-10-15-35-13-6-8-19-40(35)37/h3-10,12-20,22,24,29-30,39,43,52,55H,11,21,23,25-28,31-32H2,1-2H3,(H,50,54)/t39-,43-,48-,49+/m0/s1. The zero-order valence-corrected chi connectivity index (χ0v) is 33.0. The lowest BCUT2D eigenvalue weighted by atomic mass is 9.64. The van der Waals surface area contributed by atoms with Crippen LogP contribution in [0.1, 0.15) is 90.2 Å². The van der Waals surface area contributed by atoms with Crippen molar-refractivity contribution in [1.82, 2.24) is 4.90 Å². The summed E-state index contributed by atoms with van der Waals surface area (Å²) >= 11 is 1.51. The highest BCUT2D eigenvalue weighted by atomic mass is 32.1. The van der Waals surface area contributed by atoms with Crippen LogP contribution in [0.5, 0.6) is 0 Å². The molecule has 6 nitrogen and oxygen atoms in total. The lowest BCUT2D eigenvalue weighted by molar-refractivity contribution is -0.0773. The topological polar surface area (TPSA) is 89.9 Å². The quantitative estimate of drug-likeness (QED) is 0.112. The molecule has 0 unspecified atom stereocenters. The maximum absolute atomic E-state index is 14.7. The number of aliphatic hydroxyl groups is 2. The van der Waals surface area contributed by atoms with Crippen molar-refractivity contribution >= 4 is 49.7 Å². The van der Waals surface area contributed by atoms with Gasteiger partial charge in [-0.05, 0) is 121 Å². The van der Waals surface area contributed by atoms with E-state index in [4.69, 9.17) is 0 Å². The van der Waals surface area contributed by atoms with Crippen molar-refractivity contribution in [3.63, 3.8) is 0 Å². The SMILES string of the molecule is CC1=CCC[C@@]2(C)[C@@H](CC[C@@]2(O)CN(Cc2cccc3ccccc23)C(=O)Nc2ccccc2)c2ccc(cc2C(=O)c2cc3ccccc3s2)C[C@@H](O)CC1. The number of ketones is 1. The first-order valence-corrected chi connectivity index (χ1v) is 20.7. The van der Waals surface area contributed by atoms with Crippen LogP contribution in [-0.2, 0) is 13.0 Å². The zero-order chi connectivity index (χ0) is 38.9. The molecule has 3 aliphatic rings. The molecule has 4 atom stereocenters. The molecule has 1 aromatic heterocycles. The second kappa shape index (κ2) is 15.8. The molecule has 2 bridgehead atoms. The summed E-state index contributed by atoms with van der Waals surface area (Å²) in [5, 5.41) is 30.7. The van der Waals surface area contributed by atoms with Gasteiger partial charge in [0.05, 0.1) is 23.1 Å². The van der Waals surface area contributed by atoms with Crippen LogP contribution in [0.2, 0.25) is 0 Å². The normalized spacial score (nSPS) is 22.7. The molecule has 1 heterocycles. The minimum Gasteiger partial charge on any atom is -0.393 e. The second-order valence-electron chi connectivity index (χ2n) is 16.2. The van der Waals surface area contributed by atoms with Gasteiger partial charge in [0.15, 0.2) is 0 Å². The Balaban J connectivity index is 1.21. The van der Waals surface area contributed by atoms with Crippen molar-refractivity contribution in [2.75, 3.05) is 11.9 Å². The number of fused-ring (bicyclic) bond motifs is 10. The zero-order valence-electron chi connectivity index (χ0n) is 32.2. The summed E-state index contributed by atoms with van der Waals surface area (Å²) in [6.07, 6.45) is 6.12. The van der Waals surface area contributed by atoms with Gasteiger partial charge in [0.1, 0.15) is 0 Å². The van der Waals surface area contributed by atoms with Crippen LogP contribution < -0.4 is 5.32 Å². The maximum Gasteiger partial charge on any atom is 0.322 e. The van der Waals surface area contributed by atoms with E-state index < -0.39 is 17.1 Å². The number of hydrogen-bond donors (Lipinski definition) is 3. The number of para-hydroxylation sites is 1. The van der Waals surface area contributed by atoms with Crippen LogP contribution in [0, 0.1) is 5.41 Å². The fraction of sp³-hybridized carbons (Fsp3) is 0.306. The van der Waals surface area contributed by atoms with Gasteiger partial charge in [-0.1, -0.05) is 110 Å². The van der Waals surface area contributed by atoms with E-state index in [0.29, 0.717) is 54.8 Å². The van der Waals surface area contributed by atoms with Gasteiger partial charge in [-0.25, -0.2) is 4.79 Å². The number of aliphatic hydroxyl groups excluding tert-OH is 1. The summed E-state index contributed by atoms with van der Waals surface area (Å²) in [5.41, 5.74) is 3.44. The van der Waals surface area contributed by atoms with Crippen LogP contribution in [0.25, 0.3) is 20.9 Å². The number of thiophene rings is 1. The van der Waals surface area contributed by atoms with Gasteiger partial charge >= 0.3 is 6.03 Å². The monoisotopic (exact) mass is 762 g/mol. The van der Waals surface area contributed by atoms with Crippen molar-refractivity contribution in [2.45, 2.75) is 83.0 Å². The molecule has 2 amide bonds. The minimum atomic E-state index is -1.28. The first-order chi connectivity index (χ1) is 27.1. The van der Waals surface area contributed by atoms with Crippen molar-refractivity contribution in [2.24, 2.45) is 5.41 Å². The largest absolute Gasteiger partial charge is 0.393 e. The molecule has 5 aromatic carbocycles. The minimum absolute atomic E-state index is 0.0296. The average molecular weight is 763 g/mol. The maximum atomic E-state index is 14.7. The molecule has 3 N–H and O–H groups in total. The molecule has 0 radical (unpaired) electrons. The van der Waals surface area contributed by atoms with Crippen LogP contribution >= 0.6 is 11.3 Å². The van der Waals surface area contributed by atoms with Crippen LogP contribution in [0.4, 0.5) is 10.5 Å². The summed E-state index contributed by atoms with van der Waals surface area (Å²) in [6, 6.07) is 39.8. The molecule has 1 saturated carbocycles. The van der Waals surface area contributed by atoms with Gasteiger partial charge in [0.2, 0.25) is 5.78 Å². The van der Waals surface area contributed by atoms with Gasteiger partial charge in [-0.2, -0.15) is 0 Å². The third-order valence-corrected chi connectivity index (χ3v) is 13.7. The number of carbonyl (C=O) groups excluding carboxylic acids is 2. The Morgan fingerprint density at radius 1 is 0.857 bits per heavy atom. The van der Waals surface area contributed by atoms with Crippen LogP contribution in [0.3, 0.4) is 0 Å². The Labute approximate surface area is 333 Å². The highest BCUT2D eigenvalue weighted by Crippen LogP contribution is 2.59. The average Bonchev–Trinajstić information content (AvgIpc) is 3.75. The van der Waals surface area contributed by atoms with E-state index in [0.717, 1.165) is 50.4 Å². The van der Waals surface area contributed by atoms with Gasteiger partial charge in [-0.3, -0.25) is 4.79 Å². The molecule has 6 aromatic rings. The molecule has 1 fully saturated rings. The lowest BCUT2D eigenvalue weighted by Crippen LogP contribution is -2.54. The summed E-state index contributed by atoms with van der Waals surface area (Å²) in [5.74, 6) is -0.189. The van der Waals surface area contributed by atoms with Gasteiger partial charge in [0.25, 0.3) is 0 Å². The molecule has 0 spiro atoms. The van der Waals surface area contributed by atoms with E-state index in [2.05, 4.69) is 61.6 Å². The van der Waals surface area contributed by atoms with E-state index in [1.807, 2.05) is 84.9 Å². The van der Waals surface area contributed by atoms with Crippen molar-refractivity contribution in [3.05, 3.63) is 160 Å². The molecule has 9 rings (SSSR count). The fourth-order valence-electron chi connectivity index (χ4n) is 9.30. The number of benzene rings is 5. The van der Waals surface area contributed by atoms with Gasteiger partial charge in [0, 0.05) is 27.9 Å². The Kier molecular flexibility index (Phi) is 10.7. The number of rotatable bonds is 7. The number of hydrogen-bond acceptors (Lipinski definition) is 5. The van der Waals surface area contributed by atoms with Crippen LogP contribution in [0.15, 0.2) is 133 Å². The smallest absolute Gasteiger partial charge is 0.322 e. The number of carbonyl (C=O) groups is 2. The second-order valence-corrected chi connectivity index (χ2v) is 17.3. The molecule has 0 aliphatic heterocycles. The van der Waals surface area contributed by atoms with E-state index in [1.165, 1.54) is 16.9 Å².